The third kappa shape index (κ3) is 4.23. The summed E-state index contributed by atoms with van der Waals surface area (Å²) < 4.78 is 6.55. The van der Waals surface area contributed by atoms with Gasteiger partial charge in [0.2, 0.25) is 0 Å². The van der Waals surface area contributed by atoms with Gasteiger partial charge >= 0.3 is 0 Å². The Morgan fingerprint density at radius 1 is 0.360 bits per heavy atom. The van der Waals surface area contributed by atoms with Gasteiger partial charge in [-0.15, -0.1) is 0 Å². The first-order valence-electron chi connectivity index (χ1n) is 17.0. The van der Waals surface area contributed by atoms with Crippen LogP contribution in [0.5, 0.6) is 11.5 Å². The van der Waals surface area contributed by atoms with E-state index in [9.17, 15) is 0 Å². The smallest absolute Gasteiger partial charge is 0.160 e. The van der Waals surface area contributed by atoms with Gasteiger partial charge in [0, 0.05) is 27.8 Å². The average Bonchev–Trinajstić information content (AvgIpc) is 3.49. The molecule has 8 aromatic rings. The number of benzene rings is 7. The maximum atomic E-state index is 6.55. The second-order valence-corrected chi connectivity index (χ2v) is 12.9. The van der Waals surface area contributed by atoms with Crippen molar-refractivity contribution in [3.8, 4) is 67.7 Å². The molecule has 0 unspecified atom stereocenters. The van der Waals surface area contributed by atoms with Crippen LogP contribution < -0.4 is 4.74 Å². The van der Waals surface area contributed by atoms with Gasteiger partial charge < -0.3 is 4.74 Å². The van der Waals surface area contributed by atoms with Gasteiger partial charge in [0.1, 0.15) is 11.5 Å². The standard InChI is InChI=1S/C47H30N2O/c1-3-14-31(15-4-1)32-26-28-34(29-27-32)46-48-41(33-16-5-2-6-17-33)30-42(49-46)36-19-13-23-40-45(36)35-18-7-8-20-37(35)47(40)38-21-9-11-24-43(38)50-44-25-12-10-22-39(44)47/h1-30H. The first-order valence-corrected chi connectivity index (χ1v) is 17.0. The molecule has 0 amide bonds. The SMILES string of the molecule is c1ccc(-c2ccc(-c3nc(-c4ccccc4)cc(-c4cccc5c4-c4ccccc4C54c5ccccc5Oc5ccccc54)n3)cc2)cc1. The van der Waals surface area contributed by atoms with Gasteiger partial charge in [-0.3, -0.25) is 0 Å². The molecule has 0 N–H and O–H groups in total. The van der Waals surface area contributed by atoms with Gasteiger partial charge in [-0.1, -0.05) is 164 Å². The van der Waals surface area contributed by atoms with Crippen LogP contribution in [0.4, 0.5) is 0 Å². The highest BCUT2D eigenvalue weighted by Crippen LogP contribution is 2.63. The molecule has 7 aromatic carbocycles. The molecule has 0 atom stereocenters. The number of hydrogen-bond acceptors (Lipinski definition) is 3. The lowest BCUT2D eigenvalue weighted by Crippen LogP contribution is -2.32. The average molecular weight is 639 g/mol. The predicted octanol–water partition coefficient (Wildman–Crippen LogP) is 11.6. The highest BCUT2D eigenvalue weighted by Gasteiger charge is 2.51. The van der Waals surface area contributed by atoms with E-state index in [-0.39, 0.29) is 0 Å². The second-order valence-electron chi connectivity index (χ2n) is 12.9. The van der Waals surface area contributed by atoms with Crippen LogP contribution in [-0.4, -0.2) is 9.97 Å². The minimum Gasteiger partial charge on any atom is -0.457 e. The minimum atomic E-state index is -0.543. The summed E-state index contributed by atoms with van der Waals surface area (Å²) in [5.74, 6) is 2.46. The molecule has 0 bridgehead atoms. The monoisotopic (exact) mass is 638 g/mol. The normalized spacial score (nSPS) is 13.1. The number of aromatic nitrogens is 2. The molecule has 1 aliphatic carbocycles. The van der Waals surface area contributed by atoms with Crippen LogP contribution in [-0.2, 0) is 5.41 Å². The van der Waals surface area contributed by atoms with Crippen LogP contribution in [0.2, 0.25) is 0 Å². The molecule has 234 valence electrons. The van der Waals surface area contributed by atoms with E-state index < -0.39 is 5.41 Å². The zero-order valence-corrected chi connectivity index (χ0v) is 27.1. The number of ether oxygens (including phenoxy) is 1. The number of fused-ring (bicyclic) bond motifs is 9. The zero-order chi connectivity index (χ0) is 33.1. The van der Waals surface area contributed by atoms with Crippen LogP contribution in [0.25, 0.3) is 56.2 Å². The van der Waals surface area contributed by atoms with E-state index in [4.69, 9.17) is 14.7 Å². The highest BCUT2D eigenvalue weighted by atomic mass is 16.5. The molecule has 50 heavy (non-hydrogen) atoms. The van der Waals surface area contributed by atoms with E-state index in [2.05, 4.69) is 170 Å². The van der Waals surface area contributed by atoms with Crippen LogP contribution in [0, 0.1) is 0 Å². The fourth-order valence-electron chi connectivity index (χ4n) is 8.03. The fraction of sp³-hybridized carbons (Fsp3) is 0.0213. The van der Waals surface area contributed by atoms with Crippen molar-refractivity contribution in [3.05, 3.63) is 204 Å². The quantitative estimate of drug-likeness (QED) is 0.192. The first-order chi connectivity index (χ1) is 24.8. The highest BCUT2D eigenvalue weighted by molar-refractivity contribution is 5.96. The molecule has 0 saturated heterocycles. The van der Waals surface area contributed by atoms with Crippen molar-refractivity contribution in [2.24, 2.45) is 0 Å². The van der Waals surface area contributed by atoms with E-state index in [1.54, 1.807) is 0 Å². The molecular weight excluding hydrogens is 609 g/mol. The van der Waals surface area contributed by atoms with Gasteiger partial charge in [0.25, 0.3) is 0 Å². The Labute approximate surface area is 291 Å². The molecule has 10 rings (SSSR count). The van der Waals surface area contributed by atoms with Crippen LogP contribution in [0.15, 0.2) is 182 Å². The van der Waals surface area contributed by atoms with Gasteiger partial charge in [-0.25, -0.2) is 9.97 Å². The Hall–Kier alpha value is -6.58. The Kier molecular flexibility index (Phi) is 6.40. The van der Waals surface area contributed by atoms with E-state index in [0.717, 1.165) is 56.3 Å². The van der Waals surface area contributed by atoms with E-state index >= 15 is 0 Å². The molecule has 3 nitrogen and oxygen atoms in total. The molecule has 3 heteroatoms. The van der Waals surface area contributed by atoms with Crippen molar-refractivity contribution in [2.75, 3.05) is 0 Å². The minimum absolute atomic E-state index is 0.543. The summed E-state index contributed by atoms with van der Waals surface area (Å²) in [7, 11) is 0. The molecule has 1 spiro atoms. The molecule has 0 saturated carbocycles. The van der Waals surface area contributed by atoms with Crippen molar-refractivity contribution in [1.82, 2.24) is 9.97 Å². The van der Waals surface area contributed by atoms with Crippen molar-refractivity contribution in [1.29, 1.82) is 0 Å². The van der Waals surface area contributed by atoms with Crippen LogP contribution in [0.3, 0.4) is 0 Å². The summed E-state index contributed by atoms with van der Waals surface area (Å²) in [5.41, 5.74) is 13.9. The zero-order valence-electron chi connectivity index (χ0n) is 27.1. The Morgan fingerprint density at radius 3 is 1.56 bits per heavy atom. The lowest BCUT2D eigenvalue weighted by atomic mass is 9.66. The Balaban J connectivity index is 1.22. The number of nitrogens with zero attached hydrogens (tertiary/aromatic N) is 2. The summed E-state index contributed by atoms with van der Waals surface area (Å²) in [6.07, 6.45) is 0. The third-order valence-corrected chi connectivity index (χ3v) is 10.2. The molecule has 1 aliphatic heterocycles. The van der Waals surface area contributed by atoms with E-state index in [1.807, 2.05) is 12.1 Å². The largest absolute Gasteiger partial charge is 0.457 e. The lowest BCUT2D eigenvalue weighted by molar-refractivity contribution is 0.436. The van der Waals surface area contributed by atoms with Crippen molar-refractivity contribution in [3.63, 3.8) is 0 Å². The Morgan fingerprint density at radius 2 is 0.860 bits per heavy atom. The summed E-state index contributed by atoms with van der Waals surface area (Å²) in [4.78, 5) is 10.5. The first kappa shape index (κ1) is 28.4. The van der Waals surface area contributed by atoms with Gasteiger partial charge in [-0.05, 0) is 51.6 Å². The molecule has 2 aliphatic rings. The Bertz CT molecular complexity index is 2510. The third-order valence-electron chi connectivity index (χ3n) is 10.2. The summed E-state index contributed by atoms with van der Waals surface area (Å²) >= 11 is 0. The molecular formula is C47H30N2O. The van der Waals surface area contributed by atoms with Crippen LogP contribution in [0.1, 0.15) is 22.3 Å². The molecule has 2 heterocycles. The van der Waals surface area contributed by atoms with Gasteiger partial charge in [-0.2, -0.15) is 0 Å². The van der Waals surface area contributed by atoms with Crippen LogP contribution >= 0.6 is 0 Å². The molecule has 0 radical (unpaired) electrons. The maximum Gasteiger partial charge on any atom is 0.160 e. The van der Waals surface area contributed by atoms with Crippen molar-refractivity contribution < 1.29 is 4.74 Å². The summed E-state index contributed by atoms with van der Waals surface area (Å²) in [6.45, 7) is 0. The number of rotatable bonds is 4. The number of para-hydroxylation sites is 2. The second kappa shape index (κ2) is 11.3. The lowest BCUT2D eigenvalue weighted by Gasteiger charge is -2.39. The van der Waals surface area contributed by atoms with Crippen molar-refractivity contribution >= 4 is 0 Å². The number of hydrogen-bond donors (Lipinski definition) is 0. The van der Waals surface area contributed by atoms with Crippen molar-refractivity contribution in [2.45, 2.75) is 5.41 Å². The predicted molar refractivity (Wildman–Crippen MR) is 201 cm³/mol. The maximum absolute atomic E-state index is 6.55. The molecule has 1 aromatic heterocycles. The van der Waals surface area contributed by atoms with Gasteiger partial charge in [0.15, 0.2) is 5.82 Å². The fourth-order valence-corrected chi connectivity index (χ4v) is 8.03. The topological polar surface area (TPSA) is 35.0 Å². The van der Waals surface area contributed by atoms with Gasteiger partial charge in [0.05, 0.1) is 16.8 Å². The molecule has 0 fully saturated rings. The van der Waals surface area contributed by atoms with E-state index in [0.29, 0.717) is 5.82 Å². The summed E-state index contributed by atoms with van der Waals surface area (Å²) in [5, 5.41) is 0. The summed E-state index contributed by atoms with van der Waals surface area (Å²) in [6, 6.07) is 64.1. The van der Waals surface area contributed by atoms with E-state index in [1.165, 1.54) is 27.8 Å².